The number of imide groups is 1. The zero-order chi connectivity index (χ0) is 15.2. The third kappa shape index (κ3) is 5.18. The Labute approximate surface area is 138 Å². The van der Waals surface area contributed by atoms with Crippen molar-refractivity contribution in [2.45, 2.75) is 44.8 Å². The van der Waals surface area contributed by atoms with Crippen LogP contribution in [0.1, 0.15) is 32.6 Å². The van der Waals surface area contributed by atoms with Gasteiger partial charge in [-0.2, -0.15) is 0 Å². The zero-order valence-corrected chi connectivity index (χ0v) is 14.1. The summed E-state index contributed by atoms with van der Waals surface area (Å²) in [5.41, 5.74) is 0. The van der Waals surface area contributed by atoms with Gasteiger partial charge in [0.25, 0.3) is 5.91 Å². The van der Waals surface area contributed by atoms with Gasteiger partial charge < -0.3 is 10.1 Å². The van der Waals surface area contributed by atoms with Gasteiger partial charge >= 0.3 is 6.03 Å². The maximum Gasteiger partial charge on any atom is 0.321 e. The highest BCUT2D eigenvalue weighted by Crippen LogP contribution is 2.17. The fraction of sp³-hybridized carbons (Fsp3) is 0.467. The summed E-state index contributed by atoms with van der Waals surface area (Å²) in [7, 11) is 0. The first kappa shape index (κ1) is 16.1. The highest BCUT2D eigenvalue weighted by atomic mass is 127. The number of halogens is 1. The number of hydrogen-bond acceptors (Lipinski definition) is 3. The van der Waals surface area contributed by atoms with Crippen molar-refractivity contribution in [1.29, 1.82) is 0 Å². The highest BCUT2D eigenvalue weighted by molar-refractivity contribution is 14.1. The summed E-state index contributed by atoms with van der Waals surface area (Å²) in [5, 5.41) is 5.13. The van der Waals surface area contributed by atoms with E-state index in [0.717, 1.165) is 29.3 Å². The van der Waals surface area contributed by atoms with E-state index in [1.165, 1.54) is 0 Å². The smallest absolute Gasteiger partial charge is 0.321 e. The van der Waals surface area contributed by atoms with Gasteiger partial charge in [0, 0.05) is 9.61 Å². The molecule has 0 spiro atoms. The molecule has 114 valence electrons. The number of nitrogens with one attached hydrogen (secondary N) is 2. The maximum atomic E-state index is 11.9. The van der Waals surface area contributed by atoms with Gasteiger partial charge in [-0.3, -0.25) is 10.1 Å². The van der Waals surface area contributed by atoms with Crippen LogP contribution < -0.4 is 15.4 Å². The van der Waals surface area contributed by atoms with Crippen LogP contribution in [0.4, 0.5) is 4.79 Å². The minimum Gasteiger partial charge on any atom is -0.481 e. The van der Waals surface area contributed by atoms with E-state index in [1.807, 2.05) is 12.1 Å². The lowest BCUT2D eigenvalue weighted by molar-refractivity contribution is -0.126. The summed E-state index contributed by atoms with van der Waals surface area (Å²) >= 11 is 2.20. The molecular formula is C15H19IN2O3. The Kier molecular flexibility index (Phi) is 5.84. The summed E-state index contributed by atoms with van der Waals surface area (Å²) in [6.07, 6.45) is 3.50. The lowest BCUT2D eigenvalue weighted by Crippen LogP contribution is -2.47. The standard InChI is InChI=1S/C15H19IN2O3/c1-10(21-13-8-6-11(16)7-9-13)14(19)18-15(20)17-12-4-2-3-5-12/h6-10,12H,2-5H2,1H3,(H2,17,18,19,20)/t10-/m0/s1. The van der Waals surface area contributed by atoms with Gasteiger partial charge in [0.15, 0.2) is 6.10 Å². The van der Waals surface area contributed by atoms with Crippen molar-refractivity contribution < 1.29 is 14.3 Å². The third-order valence-corrected chi connectivity index (χ3v) is 4.14. The van der Waals surface area contributed by atoms with Gasteiger partial charge in [-0.25, -0.2) is 4.79 Å². The van der Waals surface area contributed by atoms with Gasteiger partial charge in [-0.05, 0) is 66.6 Å². The van der Waals surface area contributed by atoms with Crippen molar-refractivity contribution in [3.63, 3.8) is 0 Å². The van der Waals surface area contributed by atoms with Crippen LogP contribution in [-0.2, 0) is 4.79 Å². The lowest BCUT2D eigenvalue weighted by atomic mass is 10.2. The number of ether oxygens (including phenoxy) is 1. The van der Waals surface area contributed by atoms with E-state index in [1.54, 1.807) is 19.1 Å². The predicted molar refractivity (Wildman–Crippen MR) is 88.2 cm³/mol. The van der Waals surface area contributed by atoms with E-state index in [9.17, 15) is 9.59 Å². The molecule has 1 aliphatic carbocycles. The molecule has 0 radical (unpaired) electrons. The Morgan fingerprint density at radius 1 is 1.24 bits per heavy atom. The largest absolute Gasteiger partial charge is 0.481 e. The Bertz CT molecular complexity index is 498. The third-order valence-electron chi connectivity index (χ3n) is 3.42. The van der Waals surface area contributed by atoms with E-state index < -0.39 is 18.0 Å². The molecule has 5 nitrogen and oxygen atoms in total. The van der Waals surface area contributed by atoms with Crippen molar-refractivity contribution >= 4 is 34.5 Å². The van der Waals surface area contributed by atoms with Crippen LogP contribution in [0.3, 0.4) is 0 Å². The fourth-order valence-corrected chi connectivity index (χ4v) is 2.64. The zero-order valence-electron chi connectivity index (χ0n) is 11.9. The van der Waals surface area contributed by atoms with Crippen LogP contribution in [0.15, 0.2) is 24.3 Å². The molecule has 0 unspecified atom stereocenters. The van der Waals surface area contributed by atoms with Gasteiger partial charge in [-0.15, -0.1) is 0 Å². The molecule has 1 fully saturated rings. The molecule has 1 aromatic rings. The van der Waals surface area contributed by atoms with Crippen LogP contribution in [-0.4, -0.2) is 24.1 Å². The molecule has 2 N–H and O–H groups in total. The second kappa shape index (κ2) is 7.63. The van der Waals surface area contributed by atoms with Crippen LogP contribution in [0.25, 0.3) is 0 Å². The molecule has 1 aliphatic rings. The van der Waals surface area contributed by atoms with Crippen LogP contribution in [0.5, 0.6) is 5.75 Å². The monoisotopic (exact) mass is 402 g/mol. The molecule has 1 aromatic carbocycles. The maximum absolute atomic E-state index is 11.9. The molecule has 1 atom stereocenters. The number of hydrogen-bond donors (Lipinski definition) is 2. The minimum atomic E-state index is -0.723. The van der Waals surface area contributed by atoms with Crippen molar-refractivity contribution in [3.8, 4) is 5.75 Å². The molecule has 3 amide bonds. The van der Waals surface area contributed by atoms with Gasteiger partial charge in [0.2, 0.25) is 0 Å². The number of urea groups is 1. The van der Waals surface area contributed by atoms with Crippen LogP contribution in [0.2, 0.25) is 0 Å². The summed E-state index contributed by atoms with van der Waals surface area (Å²) in [6.45, 7) is 1.62. The Hall–Kier alpha value is -1.31. The Morgan fingerprint density at radius 2 is 1.86 bits per heavy atom. The van der Waals surface area contributed by atoms with Crippen molar-refractivity contribution in [3.05, 3.63) is 27.8 Å². The number of rotatable bonds is 4. The average Bonchev–Trinajstić information content (AvgIpc) is 2.94. The molecule has 6 heteroatoms. The topological polar surface area (TPSA) is 67.4 Å². The quantitative estimate of drug-likeness (QED) is 0.762. The molecule has 0 aliphatic heterocycles. The Balaban J connectivity index is 1.78. The second-order valence-electron chi connectivity index (χ2n) is 5.16. The average molecular weight is 402 g/mol. The predicted octanol–water partition coefficient (Wildman–Crippen LogP) is 2.83. The molecule has 0 heterocycles. The molecule has 2 rings (SSSR count). The first-order chi connectivity index (χ1) is 10.0. The highest BCUT2D eigenvalue weighted by Gasteiger charge is 2.21. The molecule has 0 aromatic heterocycles. The summed E-state index contributed by atoms with van der Waals surface area (Å²) < 4.78 is 6.60. The van der Waals surface area contributed by atoms with E-state index in [-0.39, 0.29) is 6.04 Å². The summed E-state index contributed by atoms with van der Waals surface area (Å²) in [5.74, 6) is 0.165. The number of carbonyl (C=O) groups is 2. The van der Waals surface area contributed by atoms with Crippen LogP contribution >= 0.6 is 22.6 Å². The molecular weight excluding hydrogens is 383 g/mol. The first-order valence-electron chi connectivity index (χ1n) is 7.08. The summed E-state index contributed by atoms with van der Waals surface area (Å²) in [4.78, 5) is 23.6. The number of amides is 3. The second-order valence-corrected chi connectivity index (χ2v) is 6.40. The van der Waals surface area contributed by atoms with Crippen molar-refractivity contribution in [1.82, 2.24) is 10.6 Å². The van der Waals surface area contributed by atoms with Gasteiger partial charge in [-0.1, -0.05) is 12.8 Å². The normalized spacial score (nSPS) is 16.3. The van der Waals surface area contributed by atoms with Crippen molar-refractivity contribution in [2.24, 2.45) is 0 Å². The van der Waals surface area contributed by atoms with E-state index >= 15 is 0 Å². The molecule has 1 saturated carbocycles. The molecule has 21 heavy (non-hydrogen) atoms. The SMILES string of the molecule is C[C@H](Oc1ccc(I)cc1)C(=O)NC(=O)NC1CCCC1. The van der Waals surface area contributed by atoms with Crippen molar-refractivity contribution in [2.75, 3.05) is 0 Å². The van der Waals surface area contributed by atoms with Gasteiger partial charge in [0.05, 0.1) is 0 Å². The summed E-state index contributed by atoms with van der Waals surface area (Å²) in [6, 6.07) is 7.13. The van der Waals surface area contributed by atoms with E-state index in [4.69, 9.17) is 4.74 Å². The van der Waals surface area contributed by atoms with E-state index in [2.05, 4.69) is 33.2 Å². The number of benzene rings is 1. The van der Waals surface area contributed by atoms with Crippen LogP contribution in [0, 0.1) is 3.57 Å². The first-order valence-corrected chi connectivity index (χ1v) is 8.16. The van der Waals surface area contributed by atoms with E-state index in [0.29, 0.717) is 5.75 Å². The number of carbonyl (C=O) groups excluding carboxylic acids is 2. The minimum absolute atomic E-state index is 0.185. The molecule has 0 saturated heterocycles. The van der Waals surface area contributed by atoms with Gasteiger partial charge in [0.1, 0.15) is 5.75 Å². The Morgan fingerprint density at radius 3 is 2.48 bits per heavy atom. The molecule has 0 bridgehead atoms. The fourth-order valence-electron chi connectivity index (χ4n) is 2.28. The lowest BCUT2D eigenvalue weighted by Gasteiger charge is -2.16.